The Morgan fingerprint density at radius 1 is 0.920 bits per heavy atom. The summed E-state index contributed by atoms with van der Waals surface area (Å²) in [5.74, 6) is 0.397. The molecule has 3 rings (SSSR count). The fraction of sp³-hybridized carbons (Fsp3) is 0.250. The molecular formula is C20H22N2O2S. The monoisotopic (exact) mass is 354 g/mol. The van der Waals surface area contributed by atoms with Crippen molar-refractivity contribution in [1.29, 1.82) is 0 Å². The molecule has 4 nitrogen and oxygen atoms in total. The Labute approximate surface area is 149 Å². The van der Waals surface area contributed by atoms with Gasteiger partial charge in [-0.1, -0.05) is 67.6 Å². The van der Waals surface area contributed by atoms with E-state index in [-0.39, 0.29) is 11.5 Å². The minimum absolute atomic E-state index is 0.192. The Balaban J connectivity index is 1.95. The molecule has 0 fully saturated rings. The lowest BCUT2D eigenvalue weighted by molar-refractivity contribution is 0.588. The lowest BCUT2D eigenvalue weighted by Crippen LogP contribution is -2.11. The second-order valence-corrected chi connectivity index (χ2v) is 8.43. The van der Waals surface area contributed by atoms with E-state index in [0.717, 1.165) is 22.5 Å². The smallest absolute Gasteiger partial charge is 0.150 e. The van der Waals surface area contributed by atoms with Gasteiger partial charge in [-0.05, 0) is 6.42 Å². The van der Waals surface area contributed by atoms with Crippen molar-refractivity contribution in [3.8, 4) is 22.5 Å². The molecule has 25 heavy (non-hydrogen) atoms. The van der Waals surface area contributed by atoms with Crippen LogP contribution in [0.4, 0.5) is 0 Å². The Bertz CT molecular complexity index is 917. The topological polar surface area (TPSA) is 52.0 Å². The summed E-state index contributed by atoms with van der Waals surface area (Å²) in [7, 11) is -2.95. The largest absolute Gasteiger partial charge is 0.330 e. The molecule has 5 heteroatoms. The zero-order valence-corrected chi connectivity index (χ0v) is 15.1. The van der Waals surface area contributed by atoms with E-state index in [4.69, 9.17) is 0 Å². The molecule has 0 atom stereocenters. The second-order valence-electron chi connectivity index (χ2n) is 5.96. The zero-order chi connectivity index (χ0) is 17.7. The molecule has 0 radical (unpaired) electrons. The molecule has 0 spiro atoms. The van der Waals surface area contributed by atoms with Crippen molar-refractivity contribution < 1.29 is 8.42 Å². The highest BCUT2D eigenvalue weighted by Crippen LogP contribution is 2.31. The van der Waals surface area contributed by atoms with Gasteiger partial charge in [0.2, 0.25) is 0 Å². The maximum Gasteiger partial charge on any atom is 0.150 e. The minimum Gasteiger partial charge on any atom is -0.330 e. The van der Waals surface area contributed by atoms with Crippen LogP contribution in [0.1, 0.15) is 13.3 Å². The molecule has 0 bridgehead atoms. The van der Waals surface area contributed by atoms with Crippen LogP contribution < -0.4 is 0 Å². The van der Waals surface area contributed by atoms with Crippen LogP contribution in [0.25, 0.3) is 22.5 Å². The quantitative estimate of drug-likeness (QED) is 0.643. The summed E-state index contributed by atoms with van der Waals surface area (Å²) in [4.78, 5) is 4.61. The fourth-order valence-corrected chi connectivity index (χ4v) is 3.71. The van der Waals surface area contributed by atoms with Gasteiger partial charge in [-0.15, -0.1) is 0 Å². The van der Waals surface area contributed by atoms with Crippen molar-refractivity contribution in [2.45, 2.75) is 19.9 Å². The number of hydrogen-bond acceptors (Lipinski definition) is 3. The van der Waals surface area contributed by atoms with Gasteiger partial charge in [0.15, 0.2) is 0 Å². The van der Waals surface area contributed by atoms with Crippen molar-refractivity contribution in [2.24, 2.45) is 0 Å². The predicted octanol–water partition coefficient (Wildman–Crippen LogP) is 4.04. The summed E-state index contributed by atoms with van der Waals surface area (Å²) >= 11 is 0. The lowest BCUT2D eigenvalue weighted by Gasteiger charge is -2.11. The molecule has 0 aliphatic carbocycles. The molecule has 1 heterocycles. The molecule has 0 saturated carbocycles. The lowest BCUT2D eigenvalue weighted by atomic mass is 10.0. The minimum atomic E-state index is -2.95. The molecule has 0 unspecified atom stereocenters. The average molecular weight is 354 g/mol. The first-order valence-electron chi connectivity index (χ1n) is 8.47. The van der Waals surface area contributed by atoms with Crippen LogP contribution in [0, 0.1) is 0 Å². The maximum absolute atomic E-state index is 11.7. The van der Waals surface area contributed by atoms with Gasteiger partial charge in [0.05, 0.1) is 23.5 Å². The van der Waals surface area contributed by atoms with E-state index < -0.39 is 9.84 Å². The van der Waals surface area contributed by atoms with E-state index in [1.54, 1.807) is 6.92 Å². The van der Waals surface area contributed by atoms with Gasteiger partial charge < -0.3 is 4.57 Å². The third-order valence-electron chi connectivity index (χ3n) is 4.23. The Hall–Kier alpha value is -2.40. The van der Waals surface area contributed by atoms with Gasteiger partial charge >= 0.3 is 0 Å². The number of aryl methyl sites for hydroxylation is 1. The molecule has 2 aromatic carbocycles. The molecule has 0 saturated heterocycles. The number of benzene rings is 2. The van der Waals surface area contributed by atoms with Crippen molar-refractivity contribution in [2.75, 3.05) is 11.5 Å². The molecular weight excluding hydrogens is 332 g/mol. The van der Waals surface area contributed by atoms with Gasteiger partial charge in [0.25, 0.3) is 0 Å². The van der Waals surface area contributed by atoms with Crippen molar-refractivity contribution >= 4 is 9.84 Å². The van der Waals surface area contributed by atoms with Gasteiger partial charge in [0, 0.05) is 23.4 Å². The normalized spacial score (nSPS) is 11.6. The van der Waals surface area contributed by atoms with Crippen LogP contribution in [-0.2, 0) is 16.4 Å². The van der Waals surface area contributed by atoms with Crippen LogP contribution in [0.5, 0.6) is 0 Å². The van der Waals surface area contributed by atoms with Crippen LogP contribution in [0.15, 0.2) is 67.0 Å². The third kappa shape index (κ3) is 4.17. The molecule has 1 aromatic heterocycles. The molecule has 0 N–H and O–H groups in total. The van der Waals surface area contributed by atoms with E-state index >= 15 is 0 Å². The van der Waals surface area contributed by atoms with Crippen molar-refractivity contribution in [1.82, 2.24) is 9.55 Å². The van der Waals surface area contributed by atoms with Gasteiger partial charge in [-0.3, -0.25) is 0 Å². The first kappa shape index (κ1) is 17.4. The summed E-state index contributed by atoms with van der Waals surface area (Å²) in [6, 6.07) is 20.2. The Kier molecular flexibility index (Phi) is 5.34. The highest BCUT2D eigenvalue weighted by Gasteiger charge is 2.15. The summed E-state index contributed by atoms with van der Waals surface area (Å²) < 4.78 is 25.6. The number of hydrogen-bond donors (Lipinski definition) is 0. The van der Waals surface area contributed by atoms with Crippen molar-refractivity contribution in [3.63, 3.8) is 0 Å². The van der Waals surface area contributed by atoms with Crippen LogP contribution in [0.3, 0.4) is 0 Å². The summed E-state index contributed by atoms with van der Waals surface area (Å²) in [5, 5.41) is 0. The summed E-state index contributed by atoms with van der Waals surface area (Å²) in [5.41, 5.74) is 4.09. The maximum atomic E-state index is 11.7. The molecule has 0 aliphatic rings. The van der Waals surface area contributed by atoms with Crippen LogP contribution in [0.2, 0.25) is 0 Å². The van der Waals surface area contributed by atoms with Crippen LogP contribution >= 0.6 is 0 Å². The van der Waals surface area contributed by atoms with Gasteiger partial charge in [0.1, 0.15) is 9.84 Å². The Morgan fingerprint density at radius 3 is 2.12 bits per heavy atom. The van der Waals surface area contributed by atoms with Gasteiger partial charge in [-0.2, -0.15) is 0 Å². The number of rotatable bonds is 7. The molecule has 130 valence electrons. The zero-order valence-electron chi connectivity index (χ0n) is 14.3. The third-order valence-corrected chi connectivity index (χ3v) is 6.02. The Morgan fingerprint density at radius 2 is 1.52 bits per heavy atom. The first-order valence-corrected chi connectivity index (χ1v) is 10.3. The first-order chi connectivity index (χ1) is 12.1. The van der Waals surface area contributed by atoms with Crippen LogP contribution in [-0.4, -0.2) is 29.5 Å². The number of nitrogens with zero attached hydrogens (tertiary/aromatic N) is 2. The number of sulfone groups is 1. The molecule has 3 aromatic rings. The highest BCUT2D eigenvalue weighted by atomic mass is 32.2. The van der Waals surface area contributed by atoms with E-state index in [2.05, 4.69) is 21.7 Å². The van der Waals surface area contributed by atoms with Gasteiger partial charge in [-0.25, -0.2) is 13.4 Å². The summed E-state index contributed by atoms with van der Waals surface area (Å²) in [6.07, 6.45) is 2.39. The van der Waals surface area contributed by atoms with E-state index in [1.807, 2.05) is 54.9 Å². The van der Waals surface area contributed by atoms with E-state index in [0.29, 0.717) is 13.0 Å². The second kappa shape index (κ2) is 7.66. The SMILES string of the molecule is CCS(=O)(=O)CCCn1cnc(-c2ccccc2)c1-c1ccccc1. The highest BCUT2D eigenvalue weighted by molar-refractivity contribution is 7.91. The number of imidazole rings is 1. The standard InChI is InChI=1S/C20H22N2O2S/c1-2-25(23,24)15-9-14-22-16-21-19(17-10-5-3-6-11-17)20(22)18-12-7-4-8-13-18/h3-8,10-13,16H,2,9,14-15H2,1H3. The van der Waals surface area contributed by atoms with E-state index in [9.17, 15) is 8.42 Å². The average Bonchev–Trinajstić information content (AvgIpc) is 3.07. The summed E-state index contributed by atoms with van der Waals surface area (Å²) in [6.45, 7) is 2.32. The molecule has 0 aliphatic heterocycles. The fourth-order valence-electron chi connectivity index (χ4n) is 2.86. The molecule has 0 amide bonds. The predicted molar refractivity (Wildman–Crippen MR) is 102 cm³/mol. The number of aromatic nitrogens is 2. The van der Waals surface area contributed by atoms with E-state index in [1.165, 1.54) is 0 Å². The van der Waals surface area contributed by atoms with Crippen molar-refractivity contribution in [3.05, 3.63) is 67.0 Å².